The van der Waals surface area contributed by atoms with Crippen LogP contribution < -0.4 is 5.32 Å². The van der Waals surface area contributed by atoms with Crippen molar-refractivity contribution >= 4 is 17.2 Å². The van der Waals surface area contributed by atoms with Gasteiger partial charge in [-0.3, -0.25) is 4.79 Å². The third kappa shape index (κ3) is 5.45. The highest BCUT2D eigenvalue weighted by molar-refractivity contribution is 7.09. The molecule has 130 valence electrons. The summed E-state index contributed by atoms with van der Waals surface area (Å²) in [6.45, 7) is 10.7. The lowest BCUT2D eigenvalue weighted by Gasteiger charge is -2.23. The van der Waals surface area contributed by atoms with Crippen molar-refractivity contribution in [3.63, 3.8) is 0 Å². The number of amides is 1. The Balaban J connectivity index is 2.04. The van der Waals surface area contributed by atoms with E-state index in [4.69, 9.17) is 0 Å². The van der Waals surface area contributed by atoms with Crippen molar-refractivity contribution < 1.29 is 4.79 Å². The number of rotatable bonds is 7. The molecule has 0 aliphatic heterocycles. The number of nitrogens with one attached hydrogen (secondary N) is 1. The van der Waals surface area contributed by atoms with Crippen LogP contribution in [0.2, 0.25) is 0 Å². The largest absolute Gasteiger partial charge is 0.349 e. The second-order valence-corrected chi connectivity index (χ2v) is 8.23. The van der Waals surface area contributed by atoms with Crippen LogP contribution in [0.5, 0.6) is 0 Å². The summed E-state index contributed by atoms with van der Waals surface area (Å²) < 4.78 is 0. The molecule has 0 saturated carbocycles. The van der Waals surface area contributed by atoms with Crippen LogP contribution in [-0.2, 0) is 17.6 Å². The minimum absolute atomic E-state index is 0.0326. The fourth-order valence-corrected chi connectivity index (χ4v) is 3.46. The number of nitrogens with zero attached hydrogens (tertiary/aromatic N) is 1. The number of aryl methyl sites for hydroxylation is 1. The molecule has 1 N–H and O–H groups in total. The Bertz CT molecular complexity index is 659. The first kappa shape index (κ1) is 18.7. The minimum atomic E-state index is 0.0326. The van der Waals surface area contributed by atoms with Crippen molar-refractivity contribution in [3.8, 4) is 0 Å². The highest BCUT2D eigenvalue weighted by Gasteiger charge is 2.19. The lowest BCUT2D eigenvalue weighted by Crippen LogP contribution is -2.32. The Hall–Kier alpha value is -1.68. The maximum Gasteiger partial charge on any atom is 0.226 e. The average Bonchev–Trinajstić information content (AvgIpc) is 2.90. The molecule has 3 nitrogen and oxygen atoms in total. The van der Waals surface area contributed by atoms with Crippen LogP contribution >= 0.6 is 11.3 Å². The third-order valence-corrected chi connectivity index (χ3v) is 4.80. The summed E-state index contributed by atoms with van der Waals surface area (Å²) >= 11 is 1.58. The third-order valence-electron chi connectivity index (χ3n) is 3.97. The zero-order chi connectivity index (χ0) is 17.7. The summed E-state index contributed by atoms with van der Waals surface area (Å²) in [6, 6.07) is 8.69. The normalized spacial score (nSPS) is 12.6. The molecule has 1 heterocycles. The van der Waals surface area contributed by atoms with Crippen molar-refractivity contribution in [2.75, 3.05) is 0 Å². The van der Waals surface area contributed by atoms with E-state index in [0.717, 1.165) is 17.1 Å². The second-order valence-electron chi connectivity index (χ2n) is 7.16. The Morgan fingerprint density at radius 1 is 1.17 bits per heavy atom. The van der Waals surface area contributed by atoms with E-state index in [-0.39, 0.29) is 11.9 Å². The van der Waals surface area contributed by atoms with Gasteiger partial charge in [0.1, 0.15) is 0 Å². The number of carbonyl (C=O) groups excluding carboxylic acids is 1. The lowest BCUT2D eigenvalue weighted by atomic mass is 9.93. The van der Waals surface area contributed by atoms with E-state index >= 15 is 0 Å². The number of carbonyl (C=O) groups is 1. The van der Waals surface area contributed by atoms with E-state index in [1.165, 1.54) is 11.1 Å². The zero-order valence-corrected chi connectivity index (χ0v) is 16.1. The minimum Gasteiger partial charge on any atom is -0.349 e. The molecule has 1 amide bonds. The number of benzene rings is 1. The number of aromatic nitrogens is 1. The van der Waals surface area contributed by atoms with E-state index in [1.807, 2.05) is 12.3 Å². The molecule has 24 heavy (non-hydrogen) atoms. The van der Waals surface area contributed by atoms with E-state index in [2.05, 4.69) is 62.3 Å². The van der Waals surface area contributed by atoms with Crippen LogP contribution in [0.4, 0.5) is 0 Å². The molecule has 0 spiro atoms. The molecule has 0 fully saturated rings. The molecule has 1 aromatic heterocycles. The molecular weight excluding hydrogens is 316 g/mol. The Morgan fingerprint density at radius 3 is 2.33 bits per heavy atom. The van der Waals surface area contributed by atoms with Crippen molar-refractivity contribution in [2.24, 2.45) is 11.8 Å². The molecule has 1 aromatic carbocycles. The molecule has 1 atom stereocenters. The molecule has 4 heteroatoms. The van der Waals surface area contributed by atoms with Gasteiger partial charge in [0.05, 0.1) is 23.2 Å². The fourth-order valence-electron chi connectivity index (χ4n) is 2.85. The maximum absolute atomic E-state index is 12.4. The molecule has 1 unspecified atom stereocenters. The smallest absolute Gasteiger partial charge is 0.226 e. The summed E-state index contributed by atoms with van der Waals surface area (Å²) in [5, 5.41) is 6.13. The van der Waals surface area contributed by atoms with Gasteiger partial charge in [0.15, 0.2) is 0 Å². The van der Waals surface area contributed by atoms with Crippen LogP contribution in [0.15, 0.2) is 29.6 Å². The first-order valence-corrected chi connectivity index (χ1v) is 9.52. The van der Waals surface area contributed by atoms with Crippen molar-refractivity contribution in [2.45, 2.75) is 53.5 Å². The van der Waals surface area contributed by atoms with E-state index in [0.29, 0.717) is 18.3 Å². The van der Waals surface area contributed by atoms with Crippen molar-refractivity contribution in [3.05, 3.63) is 51.5 Å². The predicted molar refractivity (Wildman–Crippen MR) is 101 cm³/mol. The summed E-state index contributed by atoms with van der Waals surface area (Å²) in [5.74, 6) is 1.02. The van der Waals surface area contributed by atoms with Gasteiger partial charge in [-0.05, 0) is 36.3 Å². The van der Waals surface area contributed by atoms with Gasteiger partial charge < -0.3 is 5.32 Å². The van der Waals surface area contributed by atoms with E-state index < -0.39 is 0 Å². The fraction of sp³-hybridized carbons (Fsp3) is 0.500. The van der Waals surface area contributed by atoms with E-state index in [1.54, 1.807) is 11.3 Å². The van der Waals surface area contributed by atoms with Crippen LogP contribution in [-0.4, -0.2) is 10.9 Å². The van der Waals surface area contributed by atoms with Crippen LogP contribution in [0.1, 0.15) is 55.6 Å². The molecule has 0 radical (unpaired) electrons. The molecule has 0 aliphatic rings. The average molecular weight is 345 g/mol. The topological polar surface area (TPSA) is 42.0 Å². The summed E-state index contributed by atoms with van der Waals surface area (Å²) in [7, 11) is 0. The lowest BCUT2D eigenvalue weighted by molar-refractivity contribution is -0.121. The van der Waals surface area contributed by atoms with Crippen LogP contribution in [0.3, 0.4) is 0 Å². The van der Waals surface area contributed by atoms with Gasteiger partial charge in [-0.25, -0.2) is 4.98 Å². The SMILES string of the molecule is Cc1nc(CC(=O)NC(c2ccc(CC(C)C)cc2)C(C)C)cs1. The Labute approximate surface area is 149 Å². The Kier molecular flexibility index (Phi) is 6.55. The summed E-state index contributed by atoms with van der Waals surface area (Å²) in [6.07, 6.45) is 1.43. The van der Waals surface area contributed by atoms with Gasteiger partial charge >= 0.3 is 0 Å². The van der Waals surface area contributed by atoms with Crippen LogP contribution in [0.25, 0.3) is 0 Å². The second kappa shape index (κ2) is 8.43. The first-order chi connectivity index (χ1) is 11.3. The number of thiazole rings is 1. The molecular formula is C20H28N2OS. The first-order valence-electron chi connectivity index (χ1n) is 8.64. The molecule has 2 rings (SSSR count). The molecule has 2 aromatic rings. The Morgan fingerprint density at radius 2 is 1.83 bits per heavy atom. The van der Waals surface area contributed by atoms with Gasteiger partial charge in [-0.15, -0.1) is 11.3 Å². The number of hydrogen-bond donors (Lipinski definition) is 1. The molecule has 0 aliphatic carbocycles. The van der Waals surface area contributed by atoms with Gasteiger partial charge in [-0.2, -0.15) is 0 Å². The standard InChI is InChI=1S/C20H28N2OS/c1-13(2)10-16-6-8-17(9-7-16)20(14(3)4)22-19(23)11-18-12-24-15(5)21-18/h6-9,12-14,20H,10-11H2,1-5H3,(H,22,23). The maximum atomic E-state index is 12.4. The van der Waals surface area contributed by atoms with Crippen molar-refractivity contribution in [1.82, 2.24) is 10.3 Å². The van der Waals surface area contributed by atoms with Crippen molar-refractivity contribution in [1.29, 1.82) is 0 Å². The number of hydrogen-bond acceptors (Lipinski definition) is 3. The summed E-state index contributed by atoms with van der Waals surface area (Å²) in [4.78, 5) is 16.7. The van der Waals surface area contributed by atoms with Gasteiger partial charge in [0.25, 0.3) is 0 Å². The molecule has 0 saturated heterocycles. The van der Waals surface area contributed by atoms with Gasteiger partial charge in [-0.1, -0.05) is 52.0 Å². The molecule has 0 bridgehead atoms. The highest BCUT2D eigenvalue weighted by Crippen LogP contribution is 2.23. The predicted octanol–water partition coefficient (Wildman–Crippen LogP) is 4.71. The van der Waals surface area contributed by atoms with E-state index in [9.17, 15) is 4.79 Å². The van der Waals surface area contributed by atoms with Crippen LogP contribution in [0, 0.1) is 18.8 Å². The quantitative estimate of drug-likeness (QED) is 0.790. The summed E-state index contributed by atoms with van der Waals surface area (Å²) in [5.41, 5.74) is 3.37. The van der Waals surface area contributed by atoms with Gasteiger partial charge in [0.2, 0.25) is 5.91 Å². The van der Waals surface area contributed by atoms with Gasteiger partial charge in [0, 0.05) is 5.38 Å². The highest BCUT2D eigenvalue weighted by atomic mass is 32.1. The zero-order valence-electron chi connectivity index (χ0n) is 15.3. The monoisotopic (exact) mass is 344 g/mol.